The van der Waals surface area contributed by atoms with Crippen molar-refractivity contribution in [2.45, 2.75) is 20.3 Å². The smallest absolute Gasteiger partial charge is 0.253 e. The Bertz CT molecular complexity index is 557. The maximum absolute atomic E-state index is 12.0. The molecule has 1 aromatic carbocycles. The van der Waals surface area contributed by atoms with E-state index in [9.17, 15) is 4.79 Å². The maximum atomic E-state index is 12.0. The van der Waals surface area contributed by atoms with E-state index in [4.69, 9.17) is 0 Å². The summed E-state index contributed by atoms with van der Waals surface area (Å²) in [6.45, 7) is 8.56. The number of carbonyl (C=O) groups excluding carboxylic acids is 1. The number of aliphatic imine (C=N–C) groups is 1. The minimum absolute atomic E-state index is 0.0322. The van der Waals surface area contributed by atoms with Crippen molar-refractivity contribution in [1.29, 1.82) is 0 Å². The predicted molar refractivity (Wildman–Crippen MR) is 105 cm³/mol. The molecule has 0 fully saturated rings. The highest BCUT2D eigenvalue weighted by Gasteiger charge is 2.08. The van der Waals surface area contributed by atoms with Gasteiger partial charge in [0.1, 0.15) is 0 Å². The van der Waals surface area contributed by atoms with Gasteiger partial charge in [-0.1, -0.05) is 19.1 Å². The quantitative estimate of drug-likeness (QED) is 0.524. The van der Waals surface area contributed by atoms with Crippen molar-refractivity contribution in [3.05, 3.63) is 35.4 Å². The van der Waals surface area contributed by atoms with Crippen molar-refractivity contribution in [3.8, 4) is 0 Å². The SMILES string of the molecule is CCNC(=NCCN(C)CC)NCCc1cccc(C(=O)N(C)C)c1. The van der Waals surface area contributed by atoms with E-state index in [1.54, 1.807) is 19.0 Å². The van der Waals surface area contributed by atoms with E-state index in [2.05, 4.69) is 41.4 Å². The van der Waals surface area contributed by atoms with Crippen LogP contribution in [-0.4, -0.2) is 75.5 Å². The Morgan fingerprint density at radius 3 is 2.56 bits per heavy atom. The topological polar surface area (TPSA) is 60.0 Å². The van der Waals surface area contributed by atoms with Crippen molar-refractivity contribution >= 4 is 11.9 Å². The van der Waals surface area contributed by atoms with Gasteiger partial charge in [0, 0.05) is 39.3 Å². The number of nitrogens with zero attached hydrogens (tertiary/aromatic N) is 3. The minimum Gasteiger partial charge on any atom is -0.357 e. The number of guanidine groups is 1. The number of hydrogen-bond acceptors (Lipinski definition) is 3. The van der Waals surface area contributed by atoms with E-state index in [0.29, 0.717) is 0 Å². The number of amides is 1. The van der Waals surface area contributed by atoms with Crippen LogP contribution in [0.1, 0.15) is 29.8 Å². The molecule has 0 aromatic heterocycles. The number of hydrogen-bond donors (Lipinski definition) is 2. The third-order valence-electron chi connectivity index (χ3n) is 3.92. The van der Waals surface area contributed by atoms with Crippen molar-refractivity contribution in [1.82, 2.24) is 20.4 Å². The first-order valence-corrected chi connectivity index (χ1v) is 8.99. The normalized spacial score (nSPS) is 11.5. The molecule has 1 aromatic rings. The molecule has 0 radical (unpaired) electrons. The summed E-state index contributed by atoms with van der Waals surface area (Å²) in [5.41, 5.74) is 1.87. The summed E-state index contributed by atoms with van der Waals surface area (Å²) in [7, 11) is 5.63. The summed E-state index contributed by atoms with van der Waals surface area (Å²) in [5.74, 6) is 0.872. The molecule has 0 aliphatic carbocycles. The first-order chi connectivity index (χ1) is 12.0. The maximum Gasteiger partial charge on any atom is 0.253 e. The fraction of sp³-hybridized carbons (Fsp3) is 0.579. The molecule has 0 saturated heterocycles. The zero-order valence-electron chi connectivity index (χ0n) is 16.3. The van der Waals surface area contributed by atoms with Gasteiger partial charge >= 0.3 is 0 Å². The number of nitrogens with one attached hydrogen (secondary N) is 2. The van der Waals surface area contributed by atoms with E-state index in [0.717, 1.165) is 56.2 Å². The second-order valence-electron chi connectivity index (χ2n) is 6.23. The van der Waals surface area contributed by atoms with Crippen LogP contribution in [0.15, 0.2) is 29.3 Å². The molecule has 0 aliphatic heterocycles. The lowest BCUT2D eigenvalue weighted by molar-refractivity contribution is 0.0827. The lowest BCUT2D eigenvalue weighted by Gasteiger charge is -2.14. The van der Waals surface area contributed by atoms with Crippen molar-refractivity contribution in [2.24, 2.45) is 4.99 Å². The number of carbonyl (C=O) groups is 1. The molecule has 0 bridgehead atoms. The molecule has 0 atom stereocenters. The van der Waals surface area contributed by atoms with Crippen LogP contribution in [0.3, 0.4) is 0 Å². The minimum atomic E-state index is 0.0322. The number of rotatable bonds is 9. The summed E-state index contributed by atoms with van der Waals surface area (Å²) < 4.78 is 0. The molecule has 140 valence electrons. The highest BCUT2D eigenvalue weighted by Crippen LogP contribution is 2.07. The van der Waals surface area contributed by atoms with E-state index >= 15 is 0 Å². The van der Waals surface area contributed by atoms with E-state index in [-0.39, 0.29) is 5.91 Å². The average Bonchev–Trinajstić information content (AvgIpc) is 2.61. The van der Waals surface area contributed by atoms with Gasteiger partial charge < -0.3 is 20.4 Å². The van der Waals surface area contributed by atoms with Crippen LogP contribution in [0.2, 0.25) is 0 Å². The first-order valence-electron chi connectivity index (χ1n) is 8.99. The lowest BCUT2D eigenvalue weighted by atomic mass is 10.1. The van der Waals surface area contributed by atoms with Gasteiger partial charge in [-0.05, 0) is 44.6 Å². The van der Waals surface area contributed by atoms with Crippen LogP contribution >= 0.6 is 0 Å². The Balaban J connectivity index is 2.54. The van der Waals surface area contributed by atoms with Gasteiger partial charge in [0.25, 0.3) is 5.91 Å². The molecule has 6 nitrogen and oxygen atoms in total. The third kappa shape index (κ3) is 8.03. The second kappa shape index (κ2) is 11.5. The van der Waals surface area contributed by atoms with Gasteiger partial charge in [-0.3, -0.25) is 9.79 Å². The van der Waals surface area contributed by atoms with Gasteiger partial charge in [0.2, 0.25) is 0 Å². The molecular weight excluding hydrogens is 314 g/mol. The Morgan fingerprint density at radius 2 is 1.92 bits per heavy atom. The zero-order valence-corrected chi connectivity index (χ0v) is 16.3. The van der Waals surface area contributed by atoms with Gasteiger partial charge in [0.05, 0.1) is 6.54 Å². The number of likely N-dealkylation sites (N-methyl/N-ethyl adjacent to an activating group) is 1. The molecule has 0 saturated carbocycles. The summed E-state index contributed by atoms with van der Waals surface area (Å²) in [6, 6.07) is 7.81. The summed E-state index contributed by atoms with van der Waals surface area (Å²) >= 11 is 0. The molecule has 1 rings (SSSR count). The van der Waals surface area contributed by atoms with Crippen LogP contribution in [0.25, 0.3) is 0 Å². The van der Waals surface area contributed by atoms with Crippen molar-refractivity contribution < 1.29 is 4.79 Å². The molecular formula is C19H33N5O. The highest BCUT2D eigenvalue weighted by atomic mass is 16.2. The largest absolute Gasteiger partial charge is 0.357 e. The molecule has 0 aliphatic rings. The van der Waals surface area contributed by atoms with E-state index in [1.165, 1.54) is 0 Å². The fourth-order valence-corrected chi connectivity index (χ4v) is 2.28. The highest BCUT2D eigenvalue weighted by molar-refractivity contribution is 5.94. The van der Waals surface area contributed by atoms with Crippen LogP contribution in [0, 0.1) is 0 Å². The zero-order chi connectivity index (χ0) is 18.7. The molecule has 0 unspecified atom stereocenters. The van der Waals surface area contributed by atoms with Crippen molar-refractivity contribution in [2.75, 3.05) is 53.9 Å². The molecule has 0 heterocycles. The molecule has 2 N–H and O–H groups in total. The van der Waals surface area contributed by atoms with E-state index in [1.807, 2.05) is 24.3 Å². The number of benzene rings is 1. The monoisotopic (exact) mass is 347 g/mol. The standard InChI is InChI=1S/C19H33N5O/c1-6-20-19(22-13-14-24(5)7-2)21-12-11-16-9-8-10-17(15-16)18(25)23(3)4/h8-10,15H,6-7,11-14H2,1-5H3,(H2,20,21,22). The van der Waals surface area contributed by atoms with Crippen LogP contribution < -0.4 is 10.6 Å². The van der Waals surface area contributed by atoms with Crippen molar-refractivity contribution in [3.63, 3.8) is 0 Å². The van der Waals surface area contributed by atoms with Gasteiger partial charge in [0.15, 0.2) is 5.96 Å². The van der Waals surface area contributed by atoms with Gasteiger partial charge in [-0.2, -0.15) is 0 Å². The lowest BCUT2D eigenvalue weighted by Crippen LogP contribution is -2.39. The molecule has 1 amide bonds. The summed E-state index contributed by atoms with van der Waals surface area (Å²) in [6.07, 6.45) is 0.841. The predicted octanol–water partition coefficient (Wildman–Crippen LogP) is 1.44. The van der Waals surface area contributed by atoms with E-state index < -0.39 is 0 Å². The molecule has 6 heteroatoms. The first kappa shape index (κ1) is 21.0. The van der Waals surface area contributed by atoms with Gasteiger partial charge in [-0.25, -0.2) is 0 Å². The molecule has 0 spiro atoms. The average molecular weight is 348 g/mol. The fourth-order valence-electron chi connectivity index (χ4n) is 2.28. The Kier molecular flexibility index (Phi) is 9.62. The molecule has 25 heavy (non-hydrogen) atoms. The van der Waals surface area contributed by atoms with Crippen LogP contribution in [0.4, 0.5) is 0 Å². The Morgan fingerprint density at radius 1 is 1.16 bits per heavy atom. The van der Waals surface area contributed by atoms with Crippen LogP contribution in [0.5, 0.6) is 0 Å². The Labute approximate surface area is 152 Å². The summed E-state index contributed by atoms with van der Waals surface area (Å²) in [5, 5.41) is 6.62. The van der Waals surface area contributed by atoms with Crippen LogP contribution in [-0.2, 0) is 6.42 Å². The third-order valence-corrected chi connectivity index (χ3v) is 3.92. The summed E-state index contributed by atoms with van der Waals surface area (Å²) in [4.78, 5) is 20.5. The second-order valence-corrected chi connectivity index (χ2v) is 6.23. The Hall–Kier alpha value is -2.08. The van der Waals surface area contributed by atoms with Gasteiger partial charge in [-0.15, -0.1) is 0 Å².